The molecule has 0 aliphatic rings. The van der Waals surface area contributed by atoms with Gasteiger partial charge in [-0.15, -0.1) is 0 Å². The molecule has 0 spiro atoms. The van der Waals surface area contributed by atoms with Gasteiger partial charge in [-0.25, -0.2) is 0 Å². The molecule has 0 aromatic carbocycles. The lowest BCUT2D eigenvalue weighted by molar-refractivity contribution is 0.397. The molecule has 0 amide bonds. The van der Waals surface area contributed by atoms with Gasteiger partial charge < -0.3 is 19.4 Å². The maximum Gasteiger partial charge on any atom is 0.316 e. The smallest absolute Gasteiger partial charge is 0.314 e. The van der Waals surface area contributed by atoms with Crippen LogP contribution in [-0.4, -0.2) is 47.8 Å². The van der Waals surface area contributed by atoms with Crippen molar-refractivity contribution < 1.29 is 0 Å². The Kier molecular flexibility index (Phi) is 5.11. The summed E-state index contributed by atoms with van der Waals surface area (Å²) < 4.78 is 2.73. The van der Waals surface area contributed by atoms with E-state index in [1.54, 1.807) is 19.4 Å². The van der Waals surface area contributed by atoms with Gasteiger partial charge in [-0.3, -0.25) is 9.59 Å². The van der Waals surface area contributed by atoms with E-state index in [9.17, 15) is 9.59 Å². The standard InChI is InChI=1S/C11H20N4O2/c1-13(2)6-4-12-5-7-15-9-8-14(3)10(16)11(15)17/h8-9,12H,4-7H2,1-3H3. The van der Waals surface area contributed by atoms with Gasteiger partial charge in [0.25, 0.3) is 0 Å². The summed E-state index contributed by atoms with van der Waals surface area (Å²) in [5, 5.41) is 3.22. The van der Waals surface area contributed by atoms with E-state index in [2.05, 4.69) is 10.2 Å². The molecule has 1 aromatic rings. The Morgan fingerprint density at radius 3 is 2.53 bits per heavy atom. The van der Waals surface area contributed by atoms with Crippen LogP contribution in [0, 0.1) is 0 Å². The summed E-state index contributed by atoms with van der Waals surface area (Å²) in [6.45, 7) is 3.02. The van der Waals surface area contributed by atoms with Crippen LogP contribution in [0.15, 0.2) is 22.0 Å². The normalized spacial score (nSPS) is 11.1. The minimum atomic E-state index is -0.485. The number of nitrogens with zero attached hydrogens (tertiary/aromatic N) is 3. The van der Waals surface area contributed by atoms with E-state index in [1.807, 2.05) is 14.1 Å². The van der Waals surface area contributed by atoms with Gasteiger partial charge >= 0.3 is 11.1 Å². The zero-order chi connectivity index (χ0) is 12.8. The van der Waals surface area contributed by atoms with Crippen molar-refractivity contribution in [2.24, 2.45) is 7.05 Å². The molecule has 1 aromatic heterocycles. The number of rotatable bonds is 6. The van der Waals surface area contributed by atoms with E-state index in [4.69, 9.17) is 0 Å². The second-order valence-corrected chi connectivity index (χ2v) is 4.27. The van der Waals surface area contributed by atoms with Crippen molar-refractivity contribution in [2.45, 2.75) is 6.54 Å². The maximum atomic E-state index is 11.6. The van der Waals surface area contributed by atoms with Crippen molar-refractivity contribution in [2.75, 3.05) is 33.7 Å². The summed E-state index contributed by atoms with van der Waals surface area (Å²) in [7, 11) is 5.59. The minimum absolute atomic E-state index is 0.468. The molecular weight excluding hydrogens is 220 g/mol. The Hall–Kier alpha value is -1.40. The van der Waals surface area contributed by atoms with E-state index in [0.29, 0.717) is 13.1 Å². The second-order valence-electron chi connectivity index (χ2n) is 4.27. The van der Waals surface area contributed by atoms with Gasteiger partial charge in [0.2, 0.25) is 0 Å². The fourth-order valence-corrected chi connectivity index (χ4v) is 1.39. The van der Waals surface area contributed by atoms with Crippen LogP contribution in [0.2, 0.25) is 0 Å². The van der Waals surface area contributed by atoms with Gasteiger partial charge in [0, 0.05) is 45.6 Å². The third kappa shape index (κ3) is 4.16. The lowest BCUT2D eigenvalue weighted by Gasteiger charge is -2.11. The minimum Gasteiger partial charge on any atom is -0.314 e. The first-order chi connectivity index (χ1) is 8.02. The zero-order valence-electron chi connectivity index (χ0n) is 10.6. The Balaban J connectivity index is 2.46. The van der Waals surface area contributed by atoms with Gasteiger partial charge in [-0.1, -0.05) is 0 Å². The fourth-order valence-electron chi connectivity index (χ4n) is 1.39. The maximum absolute atomic E-state index is 11.6. The van der Waals surface area contributed by atoms with E-state index in [-0.39, 0.29) is 0 Å². The van der Waals surface area contributed by atoms with Crippen LogP contribution in [-0.2, 0) is 13.6 Å². The van der Waals surface area contributed by atoms with Gasteiger partial charge in [-0.05, 0) is 14.1 Å². The van der Waals surface area contributed by atoms with Crippen molar-refractivity contribution >= 4 is 0 Å². The van der Waals surface area contributed by atoms with Crippen LogP contribution in [0.5, 0.6) is 0 Å². The van der Waals surface area contributed by atoms with Crippen molar-refractivity contribution in [3.63, 3.8) is 0 Å². The Labute approximate surface area is 100 Å². The summed E-state index contributed by atoms with van der Waals surface area (Å²) in [6, 6.07) is 0. The predicted octanol–water partition coefficient (Wildman–Crippen LogP) is -1.30. The van der Waals surface area contributed by atoms with Crippen LogP contribution in [0.4, 0.5) is 0 Å². The topological polar surface area (TPSA) is 59.3 Å². The zero-order valence-corrected chi connectivity index (χ0v) is 10.6. The highest BCUT2D eigenvalue weighted by molar-refractivity contribution is 4.84. The third-order valence-electron chi connectivity index (χ3n) is 2.50. The highest BCUT2D eigenvalue weighted by Crippen LogP contribution is 1.78. The first-order valence-corrected chi connectivity index (χ1v) is 5.64. The molecule has 0 fully saturated rings. The summed E-state index contributed by atoms with van der Waals surface area (Å²) in [5.74, 6) is 0. The SMILES string of the molecule is CN(C)CCNCCn1ccn(C)c(=O)c1=O. The number of aryl methyl sites for hydroxylation is 1. The Morgan fingerprint density at radius 1 is 1.18 bits per heavy atom. The van der Waals surface area contributed by atoms with Crippen LogP contribution in [0.25, 0.3) is 0 Å². The first-order valence-electron chi connectivity index (χ1n) is 5.64. The van der Waals surface area contributed by atoms with Crippen molar-refractivity contribution in [1.82, 2.24) is 19.4 Å². The van der Waals surface area contributed by atoms with Crippen molar-refractivity contribution in [3.8, 4) is 0 Å². The molecular formula is C11H20N4O2. The first kappa shape index (κ1) is 13.7. The predicted molar refractivity (Wildman–Crippen MR) is 67.4 cm³/mol. The fraction of sp³-hybridized carbons (Fsp3) is 0.636. The lowest BCUT2D eigenvalue weighted by atomic mass is 10.5. The Morgan fingerprint density at radius 2 is 1.88 bits per heavy atom. The van der Waals surface area contributed by atoms with E-state index in [0.717, 1.165) is 13.1 Å². The molecule has 0 saturated carbocycles. The summed E-state index contributed by atoms with van der Waals surface area (Å²) >= 11 is 0. The molecule has 0 aliphatic carbocycles. The molecule has 0 saturated heterocycles. The highest BCUT2D eigenvalue weighted by atomic mass is 16.2. The van der Waals surface area contributed by atoms with Crippen LogP contribution < -0.4 is 16.4 Å². The van der Waals surface area contributed by atoms with Gasteiger partial charge in [0.05, 0.1) is 0 Å². The van der Waals surface area contributed by atoms with Crippen LogP contribution in [0.1, 0.15) is 0 Å². The molecule has 1 rings (SSSR count). The molecule has 0 radical (unpaired) electrons. The molecule has 96 valence electrons. The second kappa shape index (κ2) is 6.36. The van der Waals surface area contributed by atoms with Crippen molar-refractivity contribution in [3.05, 3.63) is 33.1 Å². The number of nitrogens with one attached hydrogen (secondary N) is 1. The molecule has 1 N–H and O–H groups in total. The summed E-state index contributed by atoms with van der Waals surface area (Å²) in [4.78, 5) is 25.0. The molecule has 6 heteroatoms. The molecule has 6 nitrogen and oxygen atoms in total. The molecule has 0 aliphatic heterocycles. The quantitative estimate of drug-likeness (QED) is 0.496. The third-order valence-corrected chi connectivity index (χ3v) is 2.50. The summed E-state index contributed by atoms with van der Waals surface area (Å²) in [5.41, 5.74) is -0.954. The van der Waals surface area contributed by atoms with Crippen LogP contribution >= 0.6 is 0 Å². The molecule has 0 atom stereocenters. The van der Waals surface area contributed by atoms with E-state index < -0.39 is 11.1 Å². The molecule has 1 heterocycles. The van der Waals surface area contributed by atoms with Crippen LogP contribution in [0.3, 0.4) is 0 Å². The average molecular weight is 240 g/mol. The lowest BCUT2D eigenvalue weighted by Crippen LogP contribution is -2.41. The highest BCUT2D eigenvalue weighted by Gasteiger charge is 2.01. The number of hydrogen-bond acceptors (Lipinski definition) is 4. The number of likely N-dealkylation sites (N-methyl/N-ethyl adjacent to an activating group) is 1. The average Bonchev–Trinajstić information content (AvgIpc) is 2.28. The van der Waals surface area contributed by atoms with Gasteiger partial charge in [0.1, 0.15) is 0 Å². The largest absolute Gasteiger partial charge is 0.316 e. The van der Waals surface area contributed by atoms with E-state index >= 15 is 0 Å². The molecule has 17 heavy (non-hydrogen) atoms. The summed E-state index contributed by atoms with van der Waals surface area (Å²) in [6.07, 6.45) is 3.24. The van der Waals surface area contributed by atoms with E-state index in [1.165, 1.54) is 9.13 Å². The number of hydrogen-bond donors (Lipinski definition) is 1. The van der Waals surface area contributed by atoms with Gasteiger partial charge in [-0.2, -0.15) is 0 Å². The van der Waals surface area contributed by atoms with Crippen molar-refractivity contribution in [1.29, 1.82) is 0 Å². The molecule has 0 bridgehead atoms. The van der Waals surface area contributed by atoms with Gasteiger partial charge in [0.15, 0.2) is 0 Å². The molecule has 0 unspecified atom stereocenters. The monoisotopic (exact) mass is 240 g/mol. The number of aromatic nitrogens is 2. The Bertz CT molecular complexity index is 461.